The van der Waals surface area contributed by atoms with Gasteiger partial charge in [-0.15, -0.1) is 0 Å². The maximum atomic E-state index is 13.5. The number of amides is 1. The molecule has 2 rings (SSSR count). The fourth-order valence-corrected chi connectivity index (χ4v) is 2.01. The number of ether oxygens (including phenoxy) is 1. The van der Waals surface area contributed by atoms with Crippen molar-refractivity contribution in [2.75, 3.05) is 5.32 Å². The largest absolute Gasteiger partial charge is 0.449 e. The van der Waals surface area contributed by atoms with Crippen molar-refractivity contribution in [2.45, 2.75) is 19.2 Å². The number of esters is 1. The molecule has 8 heteroatoms. The molecule has 0 heterocycles. The lowest BCUT2D eigenvalue weighted by Crippen LogP contribution is -2.29. The molecule has 0 aliphatic carbocycles. The Morgan fingerprint density at radius 3 is 2.30 bits per heavy atom. The lowest BCUT2D eigenvalue weighted by atomic mass is 10.1. The van der Waals surface area contributed by atoms with Crippen molar-refractivity contribution in [3.8, 4) is 0 Å². The Labute approximate surface area is 152 Å². The fourth-order valence-electron chi connectivity index (χ4n) is 2.01. The van der Waals surface area contributed by atoms with Gasteiger partial charge < -0.3 is 10.1 Å². The molecule has 0 bridgehead atoms. The van der Waals surface area contributed by atoms with Crippen molar-refractivity contribution in [3.05, 3.63) is 71.6 Å². The molecular formula is C19H15F4NO3. The van der Waals surface area contributed by atoms with Gasteiger partial charge in [0.05, 0.1) is 11.3 Å². The summed E-state index contributed by atoms with van der Waals surface area (Å²) in [4.78, 5) is 23.7. The number of carbonyl (C=O) groups is 2. The zero-order valence-electron chi connectivity index (χ0n) is 14.1. The third kappa shape index (κ3) is 5.95. The summed E-state index contributed by atoms with van der Waals surface area (Å²) in [6.07, 6.45) is -3.41. The van der Waals surface area contributed by atoms with Crippen LogP contribution in [0.2, 0.25) is 0 Å². The molecule has 0 saturated heterocycles. The van der Waals surface area contributed by atoms with E-state index < -0.39 is 35.5 Å². The average molecular weight is 381 g/mol. The first kappa shape index (κ1) is 20.2. The molecule has 1 unspecified atom stereocenters. The van der Waals surface area contributed by atoms with Crippen LogP contribution in [-0.4, -0.2) is 18.0 Å². The highest BCUT2D eigenvalue weighted by Gasteiger charge is 2.29. The van der Waals surface area contributed by atoms with E-state index in [-0.39, 0.29) is 5.69 Å². The monoisotopic (exact) mass is 381 g/mol. The number of hydrogen-bond acceptors (Lipinski definition) is 3. The van der Waals surface area contributed by atoms with Gasteiger partial charge in [0.25, 0.3) is 5.91 Å². The molecule has 4 nitrogen and oxygen atoms in total. The number of anilines is 1. The molecule has 1 atom stereocenters. The van der Waals surface area contributed by atoms with Crippen LogP contribution in [0.1, 0.15) is 18.1 Å². The summed E-state index contributed by atoms with van der Waals surface area (Å²) in [7, 11) is 0. The predicted octanol–water partition coefficient (Wildman–Crippen LogP) is 4.43. The van der Waals surface area contributed by atoms with E-state index >= 15 is 0 Å². The lowest BCUT2D eigenvalue weighted by Gasteiger charge is -2.12. The summed E-state index contributed by atoms with van der Waals surface area (Å²) in [5.74, 6) is -2.23. The molecule has 27 heavy (non-hydrogen) atoms. The van der Waals surface area contributed by atoms with E-state index in [1.54, 1.807) is 0 Å². The van der Waals surface area contributed by atoms with Gasteiger partial charge >= 0.3 is 12.1 Å². The van der Waals surface area contributed by atoms with Crippen LogP contribution < -0.4 is 5.32 Å². The highest BCUT2D eigenvalue weighted by atomic mass is 19.4. The summed E-state index contributed by atoms with van der Waals surface area (Å²) in [6, 6.07) is 9.67. The first-order valence-corrected chi connectivity index (χ1v) is 7.78. The minimum absolute atomic E-state index is 0.0503. The molecule has 0 aliphatic rings. The smallest absolute Gasteiger partial charge is 0.416 e. The van der Waals surface area contributed by atoms with Crippen molar-refractivity contribution in [1.29, 1.82) is 0 Å². The van der Waals surface area contributed by atoms with Gasteiger partial charge in [0.2, 0.25) is 0 Å². The third-order valence-corrected chi connectivity index (χ3v) is 3.44. The molecule has 142 valence electrons. The second kappa shape index (κ2) is 8.48. The number of hydrogen-bond donors (Lipinski definition) is 1. The minimum atomic E-state index is -4.44. The van der Waals surface area contributed by atoms with Crippen LogP contribution >= 0.6 is 0 Å². The lowest BCUT2D eigenvalue weighted by molar-refractivity contribution is -0.148. The Bertz CT molecular complexity index is 845. The van der Waals surface area contributed by atoms with E-state index in [2.05, 4.69) is 5.32 Å². The van der Waals surface area contributed by atoms with Crippen LogP contribution in [0, 0.1) is 5.82 Å². The maximum absolute atomic E-state index is 13.5. The van der Waals surface area contributed by atoms with Gasteiger partial charge in [0.1, 0.15) is 5.82 Å². The highest BCUT2D eigenvalue weighted by molar-refractivity contribution is 5.96. The molecule has 2 aromatic rings. The molecule has 1 N–H and O–H groups in total. The first-order valence-electron chi connectivity index (χ1n) is 7.78. The van der Waals surface area contributed by atoms with E-state index in [4.69, 9.17) is 4.74 Å². The van der Waals surface area contributed by atoms with E-state index in [9.17, 15) is 27.2 Å². The summed E-state index contributed by atoms with van der Waals surface area (Å²) in [6.45, 7) is 1.31. The molecule has 0 fully saturated rings. The Morgan fingerprint density at radius 2 is 1.70 bits per heavy atom. The van der Waals surface area contributed by atoms with Gasteiger partial charge in [-0.05, 0) is 42.8 Å². The van der Waals surface area contributed by atoms with Crippen molar-refractivity contribution in [3.63, 3.8) is 0 Å². The molecule has 0 saturated carbocycles. The normalized spacial score (nSPS) is 12.6. The zero-order chi connectivity index (χ0) is 20.0. The van der Waals surface area contributed by atoms with E-state index in [1.165, 1.54) is 49.4 Å². The van der Waals surface area contributed by atoms with Crippen LogP contribution in [-0.2, 0) is 20.5 Å². The molecule has 0 aromatic heterocycles. The zero-order valence-corrected chi connectivity index (χ0v) is 14.1. The second-order valence-electron chi connectivity index (χ2n) is 5.50. The number of carbonyl (C=O) groups excluding carboxylic acids is 2. The van der Waals surface area contributed by atoms with Crippen LogP contribution in [0.3, 0.4) is 0 Å². The first-order chi connectivity index (χ1) is 12.7. The molecule has 0 spiro atoms. The Morgan fingerprint density at radius 1 is 1.07 bits per heavy atom. The third-order valence-electron chi connectivity index (χ3n) is 3.44. The summed E-state index contributed by atoms with van der Waals surface area (Å²) >= 11 is 0. The van der Waals surface area contributed by atoms with E-state index in [1.807, 2.05) is 0 Å². The quantitative estimate of drug-likeness (QED) is 0.474. The van der Waals surface area contributed by atoms with E-state index in [0.717, 1.165) is 18.2 Å². The van der Waals surface area contributed by atoms with Gasteiger partial charge in [-0.2, -0.15) is 13.2 Å². The van der Waals surface area contributed by atoms with Crippen molar-refractivity contribution in [1.82, 2.24) is 0 Å². The van der Waals surface area contributed by atoms with Crippen molar-refractivity contribution >= 4 is 23.6 Å². The Balaban J connectivity index is 1.91. The molecule has 0 radical (unpaired) electrons. The van der Waals surface area contributed by atoms with Crippen molar-refractivity contribution < 1.29 is 31.9 Å². The summed E-state index contributed by atoms with van der Waals surface area (Å²) < 4.78 is 55.8. The molecule has 0 aliphatic heterocycles. The number of alkyl halides is 3. The van der Waals surface area contributed by atoms with Crippen LogP contribution in [0.25, 0.3) is 6.08 Å². The number of benzene rings is 2. The minimum Gasteiger partial charge on any atom is -0.449 e. The fraction of sp³-hybridized carbons (Fsp3) is 0.158. The number of nitrogens with one attached hydrogen (secondary N) is 1. The van der Waals surface area contributed by atoms with Crippen LogP contribution in [0.5, 0.6) is 0 Å². The predicted molar refractivity (Wildman–Crippen MR) is 91.1 cm³/mol. The van der Waals surface area contributed by atoms with Crippen LogP contribution in [0.4, 0.5) is 23.2 Å². The van der Waals surface area contributed by atoms with Gasteiger partial charge in [-0.1, -0.05) is 24.3 Å². The number of halogens is 4. The molecule has 1 amide bonds. The Kier molecular flexibility index (Phi) is 6.33. The molecule has 2 aromatic carbocycles. The van der Waals surface area contributed by atoms with Crippen LogP contribution in [0.15, 0.2) is 54.6 Å². The maximum Gasteiger partial charge on any atom is 0.416 e. The molecular weight excluding hydrogens is 366 g/mol. The topological polar surface area (TPSA) is 55.4 Å². The summed E-state index contributed by atoms with van der Waals surface area (Å²) in [5.41, 5.74) is -0.505. The number of rotatable bonds is 5. The van der Waals surface area contributed by atoms with Gasteiger partial charge in [-0.3, -0.25) is 4.79 Å². The highest BCUT2D eigenvalue weighted by Crippen LogP contribution is 2.29. The van der Waals surface area contributed by atoms with Gasteiger partial charge in [0.15, 0.2) is 6.10 Å². The Hall–Kier alpha value is -3.16. The summed E-state index contributed by atoms with van der Waals surface area (Å²) in [5, 5.41) is 2.29. The van der Waals surface area contributed by atoms with Gasteiger partial charge in [-0.25, -0.2) is 9.18 Å². The van der Waals surface area contributed by atoms with Gasteiger partial charge in [0, 0.05) is 6.08 Å². The standard InChI is InChI=1S/C19H15F4NO3/c1-12(18(26)24-16-5-3-2-4-15(16)20)27-17(25)11-8-13-6-9-14(10-7-13)19(21,22)23/h2-12H,1H3,(H,24,26)/b11-8+. The van der Waals surface area contributed by atoms with E-state index in [0.29, 0.717) is 5.56 Å². The number of para-hydroxylation sites is 1. The average Bonchev–Trinajstić information content (AvgIpc) is 2.61. The second-order valence-corrected chi connectivity index (χ2v) is 5.50. The SMILES string of the molecule is CC(OC(=O)/C=C/c1ccc(C(F)(F)F)cc1)C(=O)Nc1ccccc1F. The van der Waals surface area contributed by atoms with Crippen molar-refractivity contribution in [2.24, 2.45) is 0 Å².